The summed E-state index contributed by atoms with van der Waals surface area (Å²) in [6.07, 6.45) is -0.310. The summed E-state index contributed by atoms with van der Waals surface area (Å²) in [6, 6.07) is -1.16. The minimum atomic E-state index is -1.82. The largest absolute Gasteiger partial charge is 0.480 e. The molecular weight excluding hydrogens is 212 g/mol. The van der Waals surface area contributed by atoms with Crippen LogP contribution in [0, 0.1) is 0 Å². The molecular formula is C6H10N2O7. The molecule has 0 aromatic heterocycles. The Labute approximate surface area is 83.3 Å². The molecule has 0 aliphatic carbocycles. The third-order valence-corrected chi connectivity index (χ3v) is 0.921. The number of carbonyl (C=O) groups is 4. The number of carboxylic acid groups (broad SMARTS) is 3. The van der Waals surface area contributed by atoms with Crippen LogP contribution >= 0.6 is 0 Å². The third-order valence-electron chi connectivity index (χ3n) is 0.921. The monoisotopic (exact) mass is 222 g/mol. The number of carbonyl (C=O) groups excluding carboxylic acids is 1. The molecule has 15 heavy (non-hydrogen) atoms. The highest BCUT2D eigenvalue weighted by Crippen LogP contribution is 1.84. The molecule has 0 bridgehead atoms. The van der Waals surface area contributed by atoms with Crippen molar-refractivity contribution < 1.29 is 34.5 Å². The zero-order valence-corrected chi connectivity index (χ0v) is 7.41. The van der Waals surface area contributed by atoms with Gasteiger partial charge in [0.05, 0.1) is 6.42 Å². The number of hydrogen-bond donors (Lipinski definition) is 5. The van der Waals surface area contributed by atoms with Crippen LogP contribution in [-0.2, 0) is 19.2 Å². The molecule has 86 valence electrons. The second kappa shape index (κ2) is 7.26. The minimum Gasteiger partial charge on any atom is -0.480 e. The lowest BCUT2D eigenvalue weighted by Gasteiger charge is -1.99. The molecule has 1 amide bonds. The van der Waals surface area contributed by atoms with Crippen LogP contribution in [0.3, 0.4) is 0 Å². The summed E-state index contributed by atoms with van der Waals surface area (Å²) in [6.45, 7) is 0. The van der Waals surface area contributed by atoms with E-state index in [1.54, 1.807) is 0 Å². The highest BCUT2D eigenvalue weighted by Gasteiger charge is 2.13. The van der Waals surface area contributed by atoms with Crippen molar-refractivity contribution in [2.24, 2.45) is 11.5 Å². The second-order valence-corrected chi connectivity index (χ2v) is 2.23. The Bertz CT molecular complexity index is 263. The molecule has 1 atom stereocenters. The first kappa shape index (κ1) is 15.3. The summed E-state index contributed by atoms with van der Waals surface area (Å²) in [5.41, 5.74) is 9.57. The summed E-state index contributed by atoms with van der Waals surface area (Å²) < 4.78 is 0. The number of aliphatic carboxylic acids is 3. The van der Waals surface area contributed by atoms with Crippen LogP contribution < -0.4 is 11.5 Å². The van der Waals surface area contributed by atoms with E-state index in [1.807, 2.05) is 0 Å². The van der Waals surface area contributed by atoms with Crippen molar-refractivity contribution in [1.29, 1.82) is 0 Å². The van der Waals surface area contributed by atoms with Crippen molar-refractivity contribution in [3.05, 3.63) is 0 Å². The van der Waals surface area contributed by atoms with Gasteiger partial charge in [-0.05, 0) is 0 Å². The van der Waals surface area contributed by atoms with Gasteiger partial charge in [-0.3, -0.25) is 9.59 Å². The lowest BCUT2D eigenvalue weighted by atomic mass is 10.2. The Balaban J connectivity index is 0. The molecule has 0 aliphatic rings. The van der Waals surface area contributed by atoms with Crippen molar-refractivity contribution in [1.82, 2.24) is 0 Å². The first-order valence-electron chi connectivity index (χ1n) is 3.41. The maximum atomic E-state index is 9.99. The molecule has 0 saturated carbocycles. The fourth-order valence-electron chi connectivity index (χ4n) is 0.304. The topological polar surface area (TPSA) is 181 Å². The summed E-state index contributed by atoms with van der Waals surface area (Å²) in [5, 5.41) is 22.9. The van der Waals surface area contributed by atoms with E-state index in [2.05, 4.69) is 5.73 Å². The van der Waals surface area contributed by atoms with Gasteiger partial charge in [0, 0.05) is 0 Å². The molecule has 9 heteroatoms. The number of hydrogen-bond acceptors (Lipinski definition) is 5. The zero-order chi connectivity index (χ0) is 12.6. The fraction of sp³-hybridized carbons (Fsp3) is 0.333. The van der Waals surface area contributed by atoms with Crippen LogP contribution in [-0.4, -0.2) is 45.2 Å². The molecule has 0 aromatic carbocycles. The van der Waals surface area contributed by atoms with Crippen molar-refractivity contribution in [2.45, 2.75) is 12.5 Å². The van der Waals surface area contributed by atoms with E-state index in [0.29, 0.717) is 0 Å². The summed E-state index contributed by atoms with van der Waals surface area (Å²) in [4.78, 5) is 38.1. The SMILES string of the molecule is NC(=O)CC(N)C(=O)O.O=C(O)C(=O)O. The van der Waals surface area contributed by atoms with E-state index in [4.69, 9.17) is 30.6 Å². The van der Waals surface area contributed by atoms with Gasteiger partial charge in [0.25, 0.3) is 0 Å². The van der Waals surface area contributed by atoms with E-state index in [1.165, 1.54) is 0 Å². The van der Waals surface area contributed by atoms with Gasteiger partial charge >= 0.3 is 17.9 Å². The van der Waals surface area contributed by atoms with Gasteiger partial charge in [-0.1, -0.05) is 0 Å². The van der Waals surface area contributed by atoms with E-state index < -0.39 is 29.9 Å². The standard InChI is InChI=1S/C4H8N2O3.C2H2O4/c5-2(4(8)9)1-3(6)7;3-1(4)2(5)6/h2H,1,5H2,(H2,6,7)(H,8,9);(H,3,4)(H,5,6). The van der Waals surface area contributed by atoms with Gasteiger partial charge in [0.15, 0.2) is 0 Å². The van der Waals surface area contributed by atoms with Crippen LogP contribution in [0.25, 0.3) is 0 Å². The van der Waals surface area contributed by atoms with Gasteiger partial charge in [0.1, 0.15) is 6.04 Å². The molecule has 0 fully saturated rings. The average molecular weight is 222 g/mol. The molecule has 0 rings (SSSR count). The van der Waals surface area contributed by atoms with Crippen LogP contribution in [0.1, 0.15) is 6.42 Å². The molecule has 9 nitrogen and oxygen atoms in total. The molecule has 0 saturated heterocycles. The molecule has 0 aliphatic heterocycles. The summed E-state index contributed by atoms with van der Waals surface area (Å²) in [5.74, 6) is -5.57. The second-order valence-electron chi connectivity index (χ2n) is 2.23. The highest BCUT2D eigenvalue weighted by molar-refractivity contribution is 6.27. The minimum absolute atomic E-state index is 0.310. The molecule has 7 N–H and O–H groups in total. The lowest BCUT2D eigenvalue weighted by molar-refractivity contribution is -0.159. The Hall–Kier alpha value is -2.16. The van der Waals surface area contributed by atoms with Crippen LogP contribution in [0.15, 0.2) is 0 Å². The van der Waals surface area contributed by atoms with E-state index in [0.717, 1.165) is 0 Å². The predicted molar refractivity (Wildman–Crippen MR) is 44.7 cm³/mol. The van der Waals surface area contributed by atoms with Crippen LogP contribution in [0.5, 0.6) is 0 Å². The maximum absolute atomic E-state index is 9.99. The number of carboxylic acids is 3. The van der Waals surface area contributed by atoms with Gasteiger partial charge in [-0.2, -0.15) is 0 Å². The van der Waals surface area contributed by atoms with Crippen molar-refractivity contribution >= 4 is 23.8 Å². The Morgan fingerprint density at radius 1 is 1.00 bits per heavy atom. The van der Waals surface area contributed by atoms with Gasteiger partial charge in [0.2, 0.25) is 5.91 Å². The quantitative estimate of drug-likeness (QED) is 0.323. The van der Waals surface area contributed by atoms with Crippen molar-refractivity contribution in [3.8, 4) is 0 Å². The molecule has 0 radical (unpaired) electrons. The molecule has 0 heterocycles. The highest BCUT2D eigenvalue weighted by atomic mass is 16.4. The van der Waals surface area contributed by atoms with Gasteiger partial charge in [-0.15, -0.1) is 0 Å². The average Bonchev–Trinajstić information content (AvgIpc) is 2.03. The molecule has 1 unspecified atom stereocenters. The number of nitrogens with two attached hydrogens (primary N) is 2. The summed E-state index contributed by atoms with van der Waals surface area (Å²) >= 11 is 0. The Morgan fingerprint density at radius 3 is 1.40 bits per heavy atom. The Morgan fingerprint density at radius 2 is 1.33 bits per heavy atom. The van der Waals surface area contributed by atoms with Crippen LogP contribution in [0.4, 0.5) is 0 Å². The first-order chi connectivity index (χ1) is 6.68. The smallest absolute Gasteiger partial charge is 0.414 e. The van der Waals surface area contributed by atoms with E-state index in [-0.39, 0.29) is 6.42 Å². The number of rotatable bonds is 3. The zero-order valence-electron chi connectivity index (χ0n) is 7.41. The molecule has 0 aromatic rings. The van der Waals surface area contributed by atoms with Crippen LogP contribution in [0.2, 0.25) is 0 Å². The Kier molecular flexibility index (Phi) is 7.42. The molecule has 0 spiro atoms. The van der Waals surface area contributed by atoms with Gasteiger partial charge < -0.3 is 26.8 Å². The van der Waals surface area contributed by atoms with Crippen molar-refractivity contribution in [2.75, 3.05) is 0 Å². The van der Waals surface area contributed by atoms with E-state index >= 15 is 0 Å². The summed E-state index contributed by atoms with van der Waals surface area (Å²) in [7, 11) is 0. The number of amides is 1. The third kappa shape index (κ3) is 11.8. The normalized spacial score (nSPS) is 10.5. The fourth-order valence-corrected chi connectivity index (χ4v) is 0.304. The lowest BCUT2D eigenvalue weighted by Crippen LogP contribution is -2.34. The van der Waals surface area contributed by atoms with E-state index in [9.17, 15) is 9.59 Å². The number of primary amides is 1. The predicted octanol–water partition coefficient (Wildman–Crippen LogP) is -2.57. The first-order valence-corrected chi connectivity index (χ1v) is 3.41. The van der Waals surface area contributed by atoms with Crippen molar-refractivity contribution in [3.63, 3.8) is 0 Å². The van der Waals surface area contributed by atoms with Gasteiger partial charge in [-0.25, -0.2) is 9.59 Å². The maximum Gasteiger partial charge on any atom is 0.414 e.